The van der Waals surface area contributed by atoms with Crippen LogP contribution in [0.25, 0.3) is 0 Å². The molecule has 1 aliphatic heterocycles. The number of amides is 1. The number of thioether (sulfide) groups is 1. The highest BCUT2D eigenvalue weighted by atomic mass is 35.5. The predicted molar refractivity (Wildman–Crippen MR) is 137 cm³/mol. The molecule has 0 unspecified atom stereocenters. The number of carbonyl (C=O) groups is 1. The minimum absolute atomic E-state index is 0.0665. The normalized spacial score (nSPS) is 15.9. The van der Waals surface area contributed by atoms with E-state index in [4.69, 9.17) is 51.8 Å². The second-order valence-electron chi connectivity index (χ2n) is 7.42. The van der Waals surface area contributed by atoms with Crippen molar-refractivity contribution in [1.82, 2.24) is 4.90 Å². The van der Waals surface area contributed by atoms with Crippen molar-refractivity contribution in [3.8, 4) is 5.75 Å². The minimum Gasteiger partial charge on any atom is -0.487 e. The third-order valence-electron chi connectivity index (χ3n) is 5.07. The highest BCUT2D eigenvalue weighted by Crippen LogP contribution is 2.33. The number of benzene rings is 3. The van der Waals surface area contributed by atoms with Crippen molar-refractivity contribution in [3.05, 3.63) is 98.2 Å². The topological polar surface area (TPSA) is 29.5 Å². The smallest absolute Gasteiger partial charge is 0.242 e. The summed E-state index contributed by atoms with van der Waals surface area (Å²) in [6.45, 7) is 0.570. The quantitative estimate of drug-likeness (QED) is 0.293. The Hall–Kier alpha value is -1.83. The monoisotopic (exact) mass is 539 g/mol. The molecule has 0 radical (unpaired) electrons. The van der Waals surface area contributed by atoms with Crippen molar-refractivity contribution in [3.63, 3.8) is 0 Å². The first-order valence-corrected chi connectivity index (χ1v) is 12.3. The number of thiocarbonyl (C=S) groups is 1. The van der Waals surface area contributed by atoms with Crippen LogP contribution in [0.2, 0.25) is 15.1 Å². The molecule has 9 heteroatoms. The Morgan fingerprint density at radius 1 is 0.970 bits per heavy atom. The molecular formula is C24H17Cl3FNO2S2. The van der Waals surface area contributed by atoms with Crippen molar-refractivity contribution in [1.29, 1.82) is 0 Å². The van der Waals surface area contributed by atoms with Crippen molar-refractivity contribution >= 4 is 69.0 Å². The van der Waals surface area contributed by atoms with Gasteiger partial charge < -0.3 is 4.74 Å². The van der Waals surface area contributed by atoms with Crippen LogP contribution in [0.4, 0.5) is 4.39 Å². The van der Waals surface area contributed by atoms with Gasteiger partial charge in [-0.1, -0.05) is 83.0 Å². The Bertz CT molecular complexity index is 1210. The molecule has 33 heavy (non-hydrogen) atoms. The van der Waals surface area contributed by atoms with Crippen LogP contribution in [0.15, 0.2) is 60.7 Å². The van der Waals surface area contributed by atoms with Gasteiger partial charge in [-0.3, -0.25) is 9.69 Å². The average molecular weight is 541 g/mol. The van der Waals surface area contributed by atoms with E-state index in [0.29, 0.717) is 38.1 Å². The van der Waals surface area contributed by atoms with Crippen molar-refractivity contribution in [2.75, 3.05) is 0 Å². The molecular weight excluding hydrogens is 524 g/mol. The highest BCUT2D eigenvalue weighted by Gasteiger charge is 2.36. The van der Waals surface area contributed by atoms with Crippen LogP contribution in [-0.2, 0) is 24.4 Å². The van der Waals surface area contributed by atoms with Gasteiger partial charge in [0, 0.05) is 15.6 Å². The number of carbonyl (C=O) groups excluding carboxylic acids is 1. The number of halogens is 4. The van der Waals surface area contributed by atoms with E-state index in [1.54, 1.807) is 47.4 Å². The molecule has 1 atom stereocenters. The SMILES string of the molecule is O=C1[C@@H](Cc2ccc(OCc3ccc(Cl)cc3Cl)c(Cl)c2)SC(=S)N1Cc1ccc(F)cc1. The lowest BCUT2D eigenvalue weighted by molar-refractivity contribution is -0.126. The first-order chi connectivity index (χ1) is 15.8. The molecule has 3 aromatic rings. The molecule has 0 bridgehead atoms. The second kappa shape index (κ2) is 10.6. The Morgan fingerprint density at radius 3 is 2.39 bits per heavy atom. The van der Waals surface area contributed by atoms with Gasteiger partial charge in [-0.15, -0.1) is 0 Å². The van der Waals surface area contributed by atoms with Gasteiger partial charge >= 0.3 is 0 Å². The maximum atomic E-state index is 13.1. The molecule has 0 N–H and O–H groups in total. The summed E-state index contributed by atoms with van der Waals surface area (Å²) >= 11 is 25.3. The van der Waals surface area contributed by atoms with E-state index < -0.39 is 0 Å². The van der Waals surface area contributed by atoms with Gasteiger partial charge in [0.05, 0.1) is 16.8 Å². The van der Waals surface area contributed by atoms with Crippen LogP contribution >= 0.6 is 58.8 Å². The van der Waals surface area contributed by atoms with Crippen LogP contribution in [-0.4, -0.2) is 20.4 Å². The maximum absolute atomic E-state index is 13.1. The van der Waals surface area contributed by atoms with E-state index in [1.807, 2.05) is 6.07 Å². The summed E-state index contributed by atoms with van der Waals surface area (Å²) in [5.41, 5.74) is 2.51. The third-order valence-corrected chi connectivity index (χ3v) is 7.54. The summed E-state index contributed by atoms with van der Waals surface area (Å²) in [4.78, 5) is 14.5. The van der Waals surface area contributed by atoms with Gasteiger partial charge in [0.2, 0.25) is 5.91 Å². The largest absolute Gasteiger partial charge is 0.487 e. The van der Waals surface area contributed by atoms with Crippen molar-refractivity contribution in [2.24, 2.45) is 0 Å². The van der Waals surface area contributed by atoms with Crippen LogP contribution in [0, 0.1) is 5.82 Å². The molecule has 170 valence electrons. The Balaban J connectivity index is 1.38. The molecule has 1 fully saturated rings. The summed E-state index contributed by atoms with van der Waals surface area (Å²) in [6, 6.07) is 16.7. The lowest BCUT2D eigenvalue weighted by Crippen LogP contribution is -2.31. The molecule has 3 aromatic carbocycles. The third kappa shape index (κ3) is 6.00. The number of hydrogen-bond donors (Lipinski definition) is 0. The van der Waals surface area contributed by atoms with Gasteiger partial charge in [-0.05, 0) is 53.9 Å². The van der Waals surface area contributed by atoms with E-state index in [-0.39, 0.29) is 23.6 Å². The molecule has 1 amide bonds. The fraction of sp³-hybridized carbons (Fsp3) is 0.167. The first kappa shape index (κ1) is 24.3. The van der Waals surface area contributed by atoms with Gasteiger partial charge in [0.25, 0.3) is 0 Å². The second-order valence-corrected chi connectivity index (χ2v) is 10.5. The van der Waals surface area contributed by atoms with Crippen LogP contribution in [0.3, 0.4) is 0 Å². The Morgan fingerprint density at radius 2 is 1.70 bits per heavy atom. The van der Waals surface area contributed by atoms with E-state index >= 15 is 0 Å². The zero-order valence-corrected chi connectivity index (χ0v) is 21.0. The summed E-state index contributed by atoms with van der Waals surface area (Å²) in [6.07, 6.45) is 0.479. The number of nitrogens with zero attached hydrogens (tertiary/aromatic N) is 1. The average Bonchev–Trinajstić information content (AvgIpc) is 3.03. The molecule has 1 saturated heterocycles. The summed E-state index contributed by atoms with van der Waals surface area (Å²) in [5.74, 6) is 0.135. The lowest BCUT2D eigenvalue weighted by atomic mass is 10.1. The van der Waals surface area contributed by atoms with Crippen LogP contribution in [0.5, 0.6) is 5.75 Å². The first-order valence-electron chi connectivity index (χ1n) is 9.92. The number of rotatable bonds is 7. The summed E-state index contributed by atoms with van der Waals surface area (Å²) in [7, 11) is 0. The van der Waals surface area contributed by atoms with E-state index in [2.05, 4.69) is 0 Å². The molecule has 0 spiro atoms. The van der Waals surface area contributed by atoms with Crippen molar-refractivity contribution < 1.29 is 13.9 Å². The van der Waals surface area contributed by atoms with E-state index in [9.17, 15) is 9.18 Å². The fourth-order valence-corrected chi connectivity index (χ4v) is 5.59. The van der Waals surface area contributed by atoms with E-state index in [0.717, 1.165) is 16.7 Å². The highest BCUT2D eigenvalue weighted by molar-refractivity contribution is 8.24. The molecule has 1 aliphatic rings. The molecule has 1 heterocycles. The van der Waals surface area contributed by atoms with Gasteiger partial charge in [-0.25, -0.2) is 4.39 Å². The van der Waals surface area contributed by atoms with Crippen LogP contribution < -0.4 is 4.74 Å². The number of hydrogen-bond acceptors (Lipinski definition) is 4. The summed E-state index contributed by atoms with van der Waals surface area (Å²) < 4.78 is 19.5. The van der Waals surface area contributed by atoms with Gasteiger partial charge in [-0.2, -0.15) is 0 Å². The molecule has 0 saturated carbocycles. The minimum atomic E-state index is -0.339. The lowest BCUT2D eigenvalue weighted by Gasteiger charge is -2.16. The summed E-state index contributed by atoms with van der Waals surface area (Å²) in [5, 5.41) is 1.18. The maximum Gasteiger partial charge on any atom is 0.242 e. The predicted octanol–water partition coefficient (Wildman–Crippen LogP) is 7.34. The Kier molecular flexibility index (Phi) is 7.82. The van der Waals surface area contributed by atoms with Gasteiger partial charge in [0.1, 0.15) is 22.5 Å². The molecule has 4 rings (SSSR count). The molecule has 0 aliphatic carbocycles. The fourth-order valence-electron chi connectivity index (χ4n) is 3.34. The molecule has 3 nitrogen and oxygen atoms in total. The Labute approximate surface area is 215 Å². The zero-order chi connectivity index (χ0) is 23.5. The number of ether oxygens (including phenoxy) is 1. The van der Waals surface area contributed by atoms with Crippen molar-refractivity contribution in [2.45, 2.75) is 24.8 Å². The van der Waals surface area contributed by atoms with Gasteiger partial charge in [0.15, 0.2) is 0 Å². The van der Waals surface area contributed by atoms with Crippen LogP contribution in [0.1, 0.15) is 16.7 Å². The molecule has 0 aromatic heterocycles. The van der Waals surface area contributed by atoms with E-state index in [1.165, 1.54) is 23.9 Å². The zero-order valence-electron chi connectivity index (χ0n) is 17.1. The standard InChI is InChI=1S/C24H17Cl3FNO2S2/c25-17-5-4-16(19(26)11-17)13-31-21-8-3-15(9-20(21)27)10-22-23(30)29(24(32)33-22)12-14-1-6-18(28)7-2-14/h1-9,11,22H,10,12-13H2/t22-/m1/s1.